The van der Waals surface area contributed by atoms with Gasteiger partial charge in [0.1, 0.15) is 11.5 Å². The third-order valence-electron chi connectivity index (χ3n) is 5.50. The maximum Gasteiger partial charge on any atom is 0.303 e. The highest BCUT2D eigenvalue weighted by Crippen LogP contribution is 2.35. The molecule has 0 amide bonds. The van der Waals surface area contributed by atoms with Gasteiger partial charge < -0.3 is 25.3 Å². The van der Waals surface area contributed by atoms with E-state index in [2.05, 4.69) is 28.8 Å². The number of aliphatic carboxylic acids is 1. The lowest BCUT2D eigenvalue weighted by Crippen LogP contribution is -2.17. The van der Waals surface area contributed by atoms with E-state index in [9.17, 15) is 9.59 Å². The van der Waals surface area contributed by atoms with E-state index in [1.165, 1.54) is 23.6 Å². The number of carboxylic acids is 1. The Morgan fingerprint density at radius 1 is 1.16 bits per heavy atom. The first-order chi connectivity index (χ1) is 15.0. The summed E-state index contributed by atoms with van der Waals surface area (Å²) in [7, 11) is 0. The van der Waals surface area contributed by atoms with Crippen molar-refractivity contribution >= 4 is 29.0 Å². The monoisotopic (exact) mass is 444 g/mol. The Morgan fingerprint density at radius 2 is 1.94 bits per heavy atom. The SMILES string of the molecule is CC(=O)CCC(=O)O.Clc1ccc2c(c1NCC1COc3ccccc31)CCNCC2. The van der Waals surface area contributed by atoms with E-state index in [0.29, 0.717) is 5.92 Å². The van der Waals surface area contributed by atoms with E-state index < -0.39 is 5.97 Å². The molecule has 0 aliphatic carbocycles. The van der Waals surface area contributed by atoms with Crippen LogP contribution in [0, 0.1) is 0 Å². The third-order valence-corrected chi connectivity index (χ3v) is 5.81. The Bertz CT molecular complexity index is 918. The number of carbonyl (C=O) groups is 2. The van der Waals surface area contributed by atoms with Crippen LogP contribution in [0.5, 0.6) is 5.75 Å². The van der Waals surface area contributed by atoms with Crippen molar-refractivity contribution in [2.24, 2.45) is 0 Å². The minimum Gasteiger partial charge on any atom is -0.493 e. The van der Waals surface area contributed by atoms with Crippen molar-refractivity contribution in [1.82, 2.24) is 5.32 Å². The van der Waals surface area contributed by atoms with Gasteiger partial charge in [-0.15, -0.1) is 0 Å². The van der Waals surface area contributed by atoms with Gasteiger partial charge >= 0.3 is 5.97 Å². The van der Waals surface area contributed by atoms with E-state index in [1.54, 1.807) is 0 Å². The van der Waals surface area contributed by atoms with Gasteiger partial charge in [0.25, 0.3) is 0 Å². The average molecular weight is 445 g/mol. The molecule has 3 N–H and O–H groups in total. The normalized spacial score (nSPS) is 16.6. The Hall–Kier alpha value is -2.57. The van der Waals surface area contributed by atoms with E-state index in [-0.39, 0.29) is 18.6 Å². The quantitative estimate of drug-likeness (QED) is 0.622. The molecular formula is C24H29ClN2O4. The van der Waals surface area contributed by atoms with Crippen molar-refractivity contribution in [1.29, 1.82) is 0 Å². The van der Waals surface area contributed by atoms with Gasteiger partial charge in [-0.25, -0.2) is 0 Å². The molecule has 0 radical (unpaired) electrons. The number of anilines is 1. The zero-order valence-electron chi connectivity index (χ0n) is 17.7. The van der Waals surface area contributed by atoms with E-state index in [4.69, 9.17) is 21.4 Å². The number of para-hydroxylation sites is 1. The molecule has 1 unspecified atom stereocenters. The minimum atomic E-state index is -0.916. The Morgan fingerprint density at radius 3 is 2.68 bits per heavy atom. The van der Waals surface area contributed by atoms with E-state index in [0.717, 1.165) is 55.5 Å². The van der Waals surface area contributed by atoms with Gasteiger partial charge in [-0.2, -0.15) is 0 Å². The van der Waals surface area contributed by atoms with Crippen molar-refractivity contribution in [2.75, 3.05) is 31.6 Å². The number of fused-ring (bicyclic) bond motifs is 2. The summed E-state index contributed by atoms with van der Waals surface area (Å²) in [5.74, 6) is 0.399. The fourth-order valence-electron chi connectivity index (χ4n) is 3.84. The summed E-state index contributed by atoms with van der Waals surface area (Å²) in [6.07, 6.45) is 2.19. The lowest BCUT2D eigenvalue weighted by Gasteiger charge is -2.18. The van der Waals surface area contributed by atoms with Gasteiger partial charge in [-0.05, 0) is 56.1 Å². The summed E-state index contributed by atoms with van der Waals surface area (Å²) in [4.78, 5) is 19.8. The number of carboxylic acid groups (broad SMARTS) is 1. The molecule has 0 aromatic heterocycles. The van der Waals surface area contributed by atoms with E-state index in [1.807, 2.05) is 18.2 Å². The predicted octanol–water partition coefficient (Wildman–Crippen LogP) is 4.06. The first kappa shape index (κ1) is 23.1. The molecule has 166 valence electrons. The summed E-state index contributed by atoms with van der Waals surface area (Å²) in [5, 5.41) is 15.9. The second-order valence-corrected chi connectivity index (χ2v) is 8.24. The second-order valence-electron chi connectivity index (χ2n) is 7.83. The first-order valence-corrected chi connectivity index (χ1v) is 11.0. The summed E-state index contributed by atoms with van der Waals surface area (Å²) < 4.78 is 5.78. The topological polar surface area (TPSA) is 87.7 Å². The molecule has 0 bridgehead atoms. The van der Waals surface area contributed by atoms with Gasteiger partial charge in [0.15, 0.2) is 0 Å². The van der Waals surface area contributed by atoms with Crippen LogP contribution in [0.1, 0.15) is 42.4 Å². The fraction of sp³-hybridized carbons (Fsp3) is 0.417. The highest BCUT2D eigenvalue weighted by atomic mass is 35.5. The van der Waals surface area contributed by atoms with Crippen molar-refractivity contribution < 1.29 is 19.4 Å². The Balaban J connectivity index is 0.000000293. The fourth-order valence-corrected chi connectivity index (χ4v) is 4.09. The summed E-state index contributed by atoms with van der Waals surface area (Å²) in [6, 6.07) is 12.5. The predicted molar refractivity (Wildman–Crippen MR) is 122 cm³/mol. The van der Waals surface area contributed by atoms with Crippen molar-refractivity contribution in [3.05, 3.63) is 58.1 Å². The van der Waals surface area contributed by atoms with Crippen molar-refractivity contribution in [3.63, 3.8) is 0 Å². The van der Waals surface area contributed by atoms with Crippen LogP contribution < -0.4 is 15.4 Å². The van der Waals surface area contributed by atoms with E-state index >= 15 is 0 Å². The van der Waals surface area contributed by atoms with Gasteiger partial charge in [-0.1, -0.05) is 35.9 Å². The van der Waals surface area contributed by atoms with Crippen LogP contribution in [-0.2, 0) is 22.4 Å². The molecule has 0 spiro atoms. The highest BCUT2D eigenvalue weighted by molar-refractivity contribution is 6.33. The Labute approximate surface area is 187 Å². The first-order valence-electron chi connectivity index (χ1n) is 10.6. The number of halogens is 1. The van der Waals surface area contributed by atoms with Crippen LogP contribution in [0.15, 0.2) is 36.4 Å². The van der Waals surface area contributed by atoms with Crippen molar-refractivity contribution in [2.45, 2.75) is 38.5 Å². The zero-order chi connectivity index (χ0) is 22.2. The highest BCUT2D eigenvalue weighted by Gasteiger charge is 2.24. The number of hydrogen-bond acceptors (Lipinski definition) is 5. The number of hydrogen-bond donors (Lipinski definition) is 3. The molecule has 2 heterocycles. The molecule has 6 nitrogen and oxygen atoms in total. The van der Waals surface area contributed by atoms with Crippen LogP contribution in [0.25, 0.3) is 0 Å². The number of ketones is 1. The lowest BCUT2D eigenvalue weighted by molar-refractivity contribution is -0.138. The number of benzene rings is 2. The number of nitrogens with one attached hydrogen (secondary N) is 2. The van der Waals surface area contributed by atoms with Crippen LogP contribution in [-0.4, -0.2) is 43.1 Å². The van der Waals surface area contributed by atoms with Gasteiger partial charge in [0.05, 0.1) is 23.7 Å². The summed E-state index contributed by atoms with van der Waals surface area (Å²) in [5.41, 5.74) is 5.18. The smallest absolute Gasteiger partial charge is 0.303 e. The third kappa shape index (κ3) is 6.45. The molecular weight excluding hydrogens is 416 g/mol. The molecule has 31 heavy (non-hydrogen) atoms. The number of Topliss-reactive ketones (excluding diaryl/α,β-unsaturated/α-hetero) is 1. The largest absolute Gasteiger partial charge is 0.493 e. The molecule has 0 saturated heterocycles. The van der Waals surface area contributed by atoms with Crippen molar-refractivity contribution in [3.8, 4) is 5.75 Å². The van der Waals surface area contributed by atoms with Crippen LogP contribution >= 0.6 is 11.6 Å². The van der Waals surface area contributed by atoms with Gasteiger partial charge in [0, 0.05) is 24.4 Å². The molecule has 2 aromatic rings. The molecule has 7 heteroatoms. The minimum absolute atomic E-state index is 0.0463. The standard InChI is InChI=1S/C19H21ClN2O.C5H8O3/c20-17-6-5-13-7-9-21-10-8-16(13)19(17)22-11-14-12-23-18-4-2-1-3-15(14)18;1-4(6)2-3-5(7)8/h1-6,14,21-22H,7-12H2;2-3H2,1H3,(H,7,8). The molecule has 2 aromatic carbocycles. The molecule has 4 rings (SSSR count). The Kier molecular flexibility index (Phi) is 8.32. The summed E-state index contributed by atoms with van der Waals surface area (Å²) >= 11 is 6.49. The summed E-state index contributed by atoms with van der Waals surface area (Å²) in [6.45, 7) is 5.01. The van der Waals surface area contributed by atoms with Crippen LogP contribution in [0.4, 0.5) is 5.69 Å². The number of ether oxygens (including phenoxy) is 1. The van der Waals surface area contributed by atoms with Crippen LogP contribution in [0.2, 0.25) is 5.02 Å². The molecule has 0 fully saturated rings. The maximum atomic E-state index is 10.1. The zero-order valence-corrected chi connectivity index (χ0v) is 18.5. The molecule has 2 aliphatic heterocycles. The molecule has 1 atom stereocenters. The molecule has 0 saturated carbocycles. The maximum absolute atomic E-state index is 10.1. The van der Waals surface area contributed by atoms with Gasteiger partial charge in [0.2, 0.25) is 0 Å². The number of rotatable bonds is 6. The lowest BCUT2D eigenvalue weighted by atomic mass is 9.99. The molecule has 2 aliphatic rings. The van der Waals surface area contributed by atoms with Crippen LogP contribution in [0.3, 0.4) is 0 Å². The second kappa shape index (κ2) is 11.2. The number of carbonyl (C=O) groups excluding carboxylic acids is 1. The van der Waals surface area contributed by atoms with Gasteiger partial charge in [-0.3, -0.25) is 4.79 Å². The average Bonchev–Trinajstić information content (AvgIpc) is 3.00.